The Morgan fingerprint density at radius 1 is 1.23 bits per heavy atom. The van der Waals surface area contributed by atoms with Crippen LogP contribution in [0.1, 0.15) is 32.1 Å². The van der Waals surface area contributed by atoms with E-state index < -0.39 is 0 Å². The smallest absolute Gasteiger partial charge is 0.306 e. The third kappa shape index (κ3) is 5.93. The Kier molecular flexibility index (Phi) is 7.03. The van der Waals surface area contributed by atoms with Gasteiger partial charge in [0.25, 0.3) is 0 Å². The molecule has 1 fully saturated rings. The zero-order chi connectivity index (χ0) is 15.6. The van der Waals surface area contributed by atoms with Crippen LogP contribution in [0.3, 0.4) is 0 Å². The number of hydrogen-bond donors (Lipinski definition) is 0. The van der Waals surface area contributed by atoms with Gasteiger partial charge in [0.1, 0.15) is 18.1 Å². The van der Waals surface area contributed by atoms with Crippen LogP contribution in [-0.4, -0.2) is 39.0 Å². The minimum atomic E-state index is -0.187. The Bertz CT molecular complexity index is 437. The number of hydrogen-bond acceptors (Lipinski definition) is 5. The van der Waals surface area contributed by atoms with Gasteiger partial charge in [-0.1, -0.05) is 0 Å². The Morgan fingerprint density at radius 3 is 2.68 bits per heavy atom. The number of ether oxygens (including phenoxy) is 4. The van der Waals surface area contributed by atoms with E-state index in [-0.39, 0.29) is 12.1 Å². The lowest BCUT2D eigenvalue weighted by Gasteiger charge is -2.22. The number of carbonyl (C=O) groups is 1. The summed E-state index contributed by atoms with van der Waals surface area (Å²) in [6.45, 7) is 1.64. The molecule has 1 atom stereocenters. The van der Waals surface area contributed by atoms with Gasteiger partial charge in [0.05, 0.1) is 19.8 Å². The van der Waals surface area contributed by atoms with Crippen LogP contribution in [0.2, 0.25) is 0 Å². The number of rotatable bonds is 8. The van der Waals surface area contributed by atoms with Crippen LogP contribution in [0.25, 0.3) is 0 Å². The van der Waals surface area contributed by atoms with Gasteiger partial charge < -0.3 is 18.9 Å². The Labute approximate surface area is 131 Å². The maximum Gasteiger partial charge on any atom is 0.306 e. The molecule has 1 heterocycles. The lowest BCUT2D eigenvalue weighted by molar-refractivity contribution is -0.149. The van der Waals surface area contributed by atoms with E-state index in [0.29, 0.717) is 26.1 Å². The molecule has 0 amide bonds. The molecule has 1 aromatic carbocycles. The summed E-state index contributed by atoms with van der Waals surface area (Å²) in [5, 5.41) is 0. The molecule has 1 aliphatic heterocycles. The highest BCUT2D eigenvalue weighted by atomic mass is 16.6. The SMILES string of the molecule is COc1ccc(OCCCC(=O)OCC2CCCCO2)cc1. The molecular weight excluding hydrogens is 284 g/mol. The fourth-order valence-corrected chi connectivity index (χ4v) is 2.28. The van der Waals surface area contributed by atoms with Crippen LogP contribution in [-0.2, 0) is 14.3 Å². The Morgan fingerprint density at radius 2 is 2.00 bits per heavy atom. The molecule has 0 bridgehead atoms. The lowest BCUT2D eigenvalue weighted by atomic mass is 10.1. The van der Waals surface area contributed by atoms with Crippen molar-refractivity contribution in [2.24, 2.45) is 0 Å². The molecule has 0 saturated carbocycles. The van der Waals surface area contributed by atoms with Gasteiger partial charge in [-0.25, -0.2) is 0 Å². The molecule has 1 aromatic rings. The van der Waals surface area contributed by atoms with Crippen molar-refractivity contribution in [3.05, 3.63) is 24.3 Å². The van der Waals surface area contributed by atoms with E-state index in [9.17, 15) is 4.79 Å². The molecule has 5 nitrogen and oxygen atoms in total. The topological polar surface area (TPSA) is 54.0 Å². The average Bonchev–Trinajstić information content (AvgIpc) is 2.58. The highest BCUT2D eigenvalue weighted by Crippen LogP contribution is 2.17. The number of esters is 1. The van der Waals surface area contributed by atoms with Gasteiger partial charge in [-0.05, 0) is 49.9 Å². The standard InChI is InChI=1S/C17H24O5/c1-19-14-7-9-15(10-8-14)20-12-4-6-17(18)22-13-16-5-2-3-11-21-16/h7-10,16H,2-6,11-13H2,1H3. The third-order valence-corrected chi connectivity index (χ3v) is 3.56. The van der Waals surface area contributed by atoms with Crippen molar-refractivity contribution in [3.8, 4) is 11.5 Å². The molecule has 0 aromatic heterocycles. The molecule has 1 unspecified atom stereocenters. The Hall–Kier alpha value is -1.75. The van der Waals surface area contributed by atoms with Crippen LogP contribution < -0.4 is 9.47 Å². The molecule has 0 radical (unpaired) electrons. The first-order valence-corrected chi connectivity index (χ1v) is 7.82. The minimum absolute atomic E-state index is 0.0771. The van der Waals surface area contributed by atoms with Gasteiger partial charge in [-0.15, -0.1) is 0 Å². The lowest BCUT2D eigenvalue weighted by Crippen LogP contribution is -2.26. The zero-order valence-electron chi connectivity index (χ0n) is 13.1. The second kappa shape index (κ2) is 9.30. The summed E-state index contributed by atoms with van der Waals surface area (Å²) in [7, 11) is 1.62. The first kappa shape index (κ1) is 16.6. The number of benzene rings is 1. The summed E-state index contributed by atoms with van der Waals surface area (Å²) in [5.41, 5.74) is 0. The minimum Gasteiger partial charge on any atom is -0.497 e. The fraction of sp³-hybridized carbons (Fsp3) is 0.588. The highest BCUT2D eigenvalue weighted by molar-refractivity contribution is 5.69. The summed E-state index contributed by atoms with van der Waals surface area (Å²) in [4.78, 5) is 11.6. The predicted molar refractivity (Wildman–Crippen MR) is 82.3 cm³/mol. The van der Waals surface area contributed by atoms with Crippen LogP contribution in [0.4, 0.5) is 0 Å². The normalized spacial score (nSPS) is 17.8. The maximum absolute atomic E-state index is 11.6. The zero-order valence-corrected chi connectivity index (χ0v) is 13.1. The van der Waals surface area contributed by atoms with Gasteiger partial charge in [0, 0.05) is 13.0 Å². The summed E-state index contributed by atoms with van der Waals surface area (Å²) in [6, 6.07) is 7.37. The van der Waals surface area contributed by atoms with Gasteiger partial charge >= 0.3 is 5.97 Å². The summed E-state index contributed by atoms with van der Waals surface area (Å²) >= 11 is 0. The quantitative estimate of drug-likeness (QED) is 0.546. The first-order valence-electron chi connectivity index (χ1n) is 7.82. The molecule has 122 valence electrons. The Balaban J connectivity index is 1.54. The van der Waals surface area contributed by atoms with Crippen LogP contribution in [0.5, 0.6) is 11.5 Å². The van der Waals surface area contributed by atoms with E-state index >= 15 is 0 Å². The summed E-state index contributed by atoms with van der Waals surface area (Å²) in [5.74, 6) is 1.37. The van der Waals surface area contributed by atoms with Crippen LogP contribution >= 0.6 is 0 Å². The summed E-state index contributed by atoms with van der Waals surface area (Å²) < 4.78 is 21.4. The van der Waals surface area contributed by atoms with E-state index in [0.717, 1.165) is 37.4 Å². The van der Waals surface area contributed by atoms with Crippen molar-refractivity contribution in [3.63, 3.8) is 0 Å². The molecule has 2 rings (SSSR count). The molecule has 0 N–H and O–H groups in total. The van der Waals surface area contributed by atoms with Crippen molar-refractivity contribution < 1.29 is 23.7 Å². The van der Waals surface area contributed by atoms with Crippen molar-refractivity contribution in [2.45, 2.75) is 38.2 Å². The second-order valence-electron chi connectivity index (χ2n) is 5.30. The van der Waals surface area contributed by atoms with Crippen molar-refractivity contribution in [1.82, 2.24) is 0 Å². The largest absolute Gasteiger partial charge is 0.497 e. The maximum atomic E-state index is 11.6. The molecule has 22 heavy (non-hydrogen) atoms. The molecule has 0 aliphatic carbocycles. The number of methoxy groups -OCH3 is 1. The van der Waals surface area contributed by atoms with E-state index in [4.69, 9.17) is 18.9 Å². The van der Waals surface area contributed by atoms with Gasteiger partial charge in [0.15, 0.2) is 0 Å². The third-order valence-electron chi connectivity index (χ3n) is 3.56. The van der Waals surface area contributed by atoms with Crippen molar-refractivity contribution in [2.75, 3.05) is 26.9 Å². The van der Waals surface area contributed by atoms with E-state index in [2.05, 4.69) is 0 Å². The van der Waals surface area contributed by atoms with Gasteiger partial charge in [-0.3, -0.25) is 4.79 Å². The molecule has 1 saturated heterocycles. The molecule has 5 heteroatoms. The molecular formula is C17H24O5. The molecule has 1 aliphatic rings. The van der Waals surface area contributed by atoms with Crippen LogP contribution in [0, 0.1) is 0 Å². The monoisotopic (exact) mass is 308 g/mol. The van der Waals surface area contributed by atoms with Crippen LogP contribution in [0.15, 0.2) is 24.3 Å². The summed E-state index contributed by atoms with van der Waals surface area (Å²) in [6.07, 6.45) is 4.31. The predicted octanol–water partition coefficient (Wildman–Crippen LogP) is 2.97. The fourth-order valence-electron chi connectivity index (χ4n) is 2.28. The highest BCUT2D eigenvalue weighted by Gasteiger charge is 2.15. The van der Waals surface area contributed by atoms with E-state index in [1.165, 1.54) is 0 Å². The van der Waals surface area contributed by atoms with E-state index in [1.54, 1.807) is 7.11 Å². The second-order valence-corrected chi connectivity index (χ2v) is 5.30. The average molecular weight is 308 g/mol. The van der Waals surface area contributed by atoms with Gasteiger partial charge in [0.2, 0.25) is 0 Å². The number of carbonyl (C=O) groups excluding carboxylic acids is 1. The molecule has 0 spiro atoms. The van der Waals surface area contributed by atoms with E-state index in [1.807, 2.05) is 24.3 Å². The van der Waals surface area contributed by atoms with Gasteiger partial charge in [-0.2, -0.15) is 0 Å². The van der Waals surface area contributed by atoms with Crippen molar-refractivity contribution >= 4 is 5.97 Å². The first-order chi connectivity index (χ1) is 10.8. The van der Waals surface area contributed by atoms with Crippen molar-refractivity contribution in [1.29, 1.82) is 0 Å².